The molecule has 4 rings (SSSR count). The van der Waals surface area contributed by atoms with Crippen LogP contribution in [0, 0.1) is 11.6 Å². The van der Waals surface area contributed by atoms with E-state index in [-0.39, 0.29) is 5.56 Å². The molecular formula is C23H23BrF2N4O3. The molecule has 0 atom stereocenters. The Bertz CT molecular complexity index is 1130. The number of hydrogen-bond acceptors (Lipinski definition) is 5. The predicted octanol–water partition coefficient (Wildman–Crippen LogP) is 4.09. The number of nitrogens with zero attached hydrogens (tertiary/aromatic N) is 3. The van der Waals surface area contributed by atoms with E-state index in [1.54, 1.807) is 36.1 Å². The van der Waals surface area contributed by atoms with E-state index in [0.717, 1.165) is 55.1 Å². The van der Waals surface area contributed by atoms with Crippen molar-refractivity contribution < 1.29 is 23.0 Å². The van der Waals surface area contributed by atoms with Gasteiger partial charge in [0.05, 0.1) is 35.1 Å². The zero-order valence-corrected chi connectivity index (χ0v) is 19.6. The van der Waals surface area contributed by atoms with Crippen LogP contribution in [0.15, 0.2) is 47.1 Å². The maximum Gasteiger partial charge on any atom is 0.258 e. The van der Waals surface area contributed by atoms with Gasteiger partial charge in [-0.3, -0.25) is 14.4 Å². The van der Waals surface area contributed by atoms with E-state index < -0.39 is 17.5 Å². The highest BCUT2D eigenvalue weighted by molar-refractivity contribution is 9.10. The van der Waals surface area contributed by atoms with Crippen molar-refractivity contribution in [3.05, 3.63) is 64.3 Å². The van der Waals surface area contributed by atoms with Gasteiger partial charge in [0.15, 0.2) is 0 Å². The molecule has 1 fully saturated rings. The number of benzene rings is 2. The van der Waals surface area contributed by atoms with Crippen molar-refractivity contribution in [2.24, 2.45) is 7.05 Å². The van der Waals surface area contributed by atoms with Gasteiger partial charge in [0, 0.05) is 44.0 Å². The molecule has 2 aromatic carbocycles. The van der Waals surface area contributed by atoms with Crippen LogP contribution in [0.2, 0.25) is 0 Å². The van der Waals surface area contributed by atoms with Crippen LogP contribution >= 0.6 is 15.9 Å². The smallest absolute Gasteiger partial charge is 0.258 e. The molecule has 7 nitrogen and oxygen atoms in total. The normalized spacial score (nSPS) is 14.3. The van der Waals surface area contributed by atoms with Crippen LogP contribution in [0.1, 0.15) is 10.4 Å². The number of aromatic nitrogens is 2. The lowest BCUT2D eigenvalue weighted by atomic mass is 10.1. The van der Waals surface area contributed by atoms with Gasteiger partial charge in [-0.15, -0.1) is 0 Å². The Labute approximate surface area is 198 Å². The van der Waals surface area contributed by atoms with Crippen molar-refractivity contribution in [1.82, 2.24) is 14.7 Å². The first-order valence-electron chi connectivity index (χ1n) is 10.4. The maximum atomic E-state index is 14.0. The van der Waals surface area contributed by atoms with E-state index in [9.17, 15) is 13.6 Å². The first-order valence-corrected chi connectivity index (χ1v) is 11.2. The number of halogens is 3. The summed E-state index contributed by atoms with van der Waals surface area (Å²) in [6, 6.07) is 8.01. The van der Waals surface area contributed by atoms with Gasteiger partial charge in [0.25, 0.3) is 5.91 Å². The Hall–Kier alpha value is -2.82. The van der Waals surface area contributed by atoms with Crippen molar-refractivity contribution in [2.45, 2.75) is 0 Å². The van der Waals surface area contributed by atoms with E-state index in [1.807, 2.05) is 0 Å². The van der Waals surface area contributed by atoms with Crippen LogP contribution in [-0.2, 0) is 11.8 Å². The third-order valence-electron chi connectivity index (χ3n) is 5.33. The van der Waals surface area contributed by atoms with Crippen molar-refractivity contribution in [1.29, 1.82) is 0 Å². The summed E-state index contributed by atoms with van der Waals surface area (Å²) in [6.07, 6.45) is 1.67. The number of nitrogens with one attached hydrogen (secondary N) is 1. The number of hydrogen-bond donors (Lipinski definition) is 1. The van der Waals surface area contributed by atoms with Crippen LogP contribution in [0.5, 0.6) is 5.75 Å². The lowest BCUT2D eigenvalue weighted by Crippen LogP contribution is -2.38. The molecule has 1 N–H and O–H groups in total. The molecule has 0 unspecified atom stereocenters. The molecule has 1 aliphatic rings. The summed E-state index contributed by atoms with van der Waals surface area (Å²) in [5.41, 5.74) is 1.67. The molecule has 174 valence electrons. The van der Waals surface area contributed by atoms with Gasteiger partial charge in [0.2, 0.25) is 0 Å². The average Bonchev–Trinajstić information content (AvgIpc) is 3.13. The predicted molar refractivity (Wildman–Crippen MR) is 123 cm³/mol. The Morgan fingerprint density at radius 1 is 1.21 bits per heavy atom. The van der Waals surface area contributed by atoms with Crippen LogP contribution < -0.4 is 10.1 Å². The average molecular weight is 521 g/mol. The van der Waals surface area contributed by atoms with E-state index >= 15 is 0 Å². The molecule has 0 saturated carbocycles. The Kier molecular flexibility index (Phi) is 7.36. The lowest BCUT2D eigenvalue weighted by molar-refractivity contribution is 0.0323. The van der Waals surface area contributed by atoms with Gasteiger partial charge in [-0.2, -0.15) is 5.10 Å². The molecule has 0 radical (unpaired) electrons. The van der Waals surface area contributed by atoms with Crippen molar-refractivity contribution >= 4 is 27.5 Å². The largest absolute Gasteiger partial charge is 0.492 e. The van der Waals surface area contributed by atoms with Crippen LogP contribution in [-0.4, -0.2) is 60.0 Å². The first kappa shape index (κ1) is 23.3. The first-order chi connectivity index (χ1) is 15.9. The third-order valence-corrected chi connectivity index (χ3v) is 5.91. The zero-order valence-electron chi connectivity index (χ0n) is 18.0. The molecule has 0 bridgehead atoms. The summed E-state index contributed by atoms with van der Waals surface area (Å²) in [4.78, 5) is 14.8. The quantitative estimate of drug-likeness (QED) is 0.508. The SMILES string of the molecule is Cn1ncc(Br)c1-c1cc(NC(=O)c2ccc(F)cc2F)ccc1OCCN1CCOCC1. The van der Waals surface area contributed by atoms with Gasteiger partial charge < -0.3 is 14.8 Å². The molecule has 1 saturated heterocycles. The monoisotopic (exact) mass is 520 g/mol. The number of ether oxygens (including phenoxy) is 2. The fraction of sp³-hybridized carbons (Fsp3) is 0.304. The van der Waals surface area contributed by atoms with E-state index in [0.29, 0.717) is 29.7 Å². The maximum absolute atomic E-state index is 14.0. The minimum absolute atomic E-state index is 0.245. The highest BCUT2D eigenvalue weighted by atomic mass is 79.9. The molecule has 10 heteroatoms. The second kappa shape index (κ2) is 10.4. The fourth-order valence-electron chi connectivity index (χ4n) is 3.61. The molecular weight excluding hydrogens is 498 g/mol. The molecule has 0 spiro atoms. The van der Waals surface area contributed by atoms with E-state index in [1.165, 1.54) is 0 Å². The summed E-state index contributed by atoms with van der Waals surface area (Å²) in [6.45, 7) is 4.42. The summed E-state index contributed by atoms with van der Waals surface area (Å²) in [5.74, 6) is -1.72. The van der Waals surface area contributed by atoms with Crippen molar-refractivity contribution in [3.63, 3.8) is 0 Å². The number of aryl methyl sites for hydroxylation is 1. The standard InChI is InChI=1S/C23H23BrF2N4O3/c1-29-22(19(24)14-27-29)18-13-16(28-23(31)17-4-2-15(25)12-20(17)26)3-5-21(18)33-11-8-30-6-9-32-10-7-30/h2-5,12-14H,6-11H2,1H3,(H,28,31). The Morgan fingerprint density at radius 3 is 2.70 bits per heavy atom. The topological polar surface area (TPSA) is 68.6 Å². The van der Waals surface area contributed by atoms with Crippen LogP contribution in [0.25, 0.3) is 11.3 Å². The van der Waals surface area contributed by atoms with Gasteiger partial charge in [0.1, 0.15) is 24.0 Å². The summed E-state index contributed by atoms with van der Waals surface area (Å²) >= 11 is 3.51. The third kappa shape index (κ3) is 5.58. The minimum atomic E-state index is -0.926. The Balaban J connectivity index is 1.56. The lowest BCUT2D eigenvalue weighted by Gasteiger charge is -2.26. The second-order valence-corrected chi connectivity index (χ2v) is 8.41. The van der Waals surface area contributed by atoms with E-state index in [4.69, 9.17) is 9.47 Å². The van der Waals surface area contributed by atoms with Gasteiger partial charge >= 0.3 is 0 Å². The highest BCUT2D eigenvalue weighted by Crippen LogP contribution is 2.37. The number of anilines is 1. The molecule has 1 aliphatic heterocycles. The fourth-order valence-corrected chi connectivity index (χ4v) is 4.18. The van der Waals surface area contributed by atoms with Gasteiger partial charge in [-0.25, -0.2) is 8.78 Å². The number of carbonyl (C=O) groups is 1. The van der Waals surface area contributed by atoms with Crippen LogP contribution in [0.4, 0.5) is 14.5 Å². The summed E-state index contributed by atoms with van der Waals surface area (Å²) in [5, 5.41) is 6.94. The zero-order chi connectivity index (χ0) is 23.4. The molecule has 3 aromatic rings. The van der Waals surface area contributed by atoms with E-state index in [2.05, 4.69) is 31.2 Å². The second-order valence-electron chi connectivity index (χ2n) is 7.56. The highest BCUT2D eigenvalue weighted by Gasteiger charge is 2.18. The minimum Gasteiger partial charge on any atom is -0.492 e. The summed E-state index contributed by atoms with van der Waals surface area (Å²) in [7, 11) is 1.80. The molecule has 1 aromatic heterocycles. The van der Waals surface area contributed by atoms with Crippen LogP contribution in [0.3, 0.4) is 0 Å². The molecule has 1 amide bonds. The van der Waals surface area contributed by atoms with Gasteiger partial charge in [-0.1, -0.05) is 0 Å². The Morgan fingerprint density at radius 2 is 2.00 bits per heavy atom. The van der Waals surface area contributed by atoms with Crippen molar-refractivity contribution in [2.75, 3.05) is 44.8 Å². The van der Waals surface area contributed by atoms with Crippen molar-refractivity contribution in [3.8, 4) is 17.0 Å². The van der Waals surface area contributed by atoms with Gasteiger partial charge in [-0.05, 0) is 46.3 Å². The number of carbonyl (C=O) groups excluding carboxylic acids is 1. The number of amides is 1. The summed E-state index contributed by atoms with van der Waals surface area (Å²) < 4.78 is 41.1. The molecule has 0 aliphatic carbocycles. The molecule has 2 heterocycles. The molecule has 33 heavy (non-hydrogen) atoms. The number of rotatable bonds is 7. The number of morpholine rings is 1.